The highest BCUT2D eigenvalue weighted by atomic mass is 32.2. The summed E-state index contributed by atoms with van der Waals surface area (Å²) in [6.07, 6.45) is 0. The fourth-order valence-corrected chi connectivity index (χ4v) is 3.30. The first-order chi connectivity index (χ1) is 12.5. The Morgan fingerprint density at radius 2 is 1.81 bits per heavy atom. The second-order valence-electron chi connectivity index (χ2n) is 6.05. The van der Waals surface area contributed by atoms with Crippen LogP contribution < -0.4 is 0 Å². The van der Waals surface area contributed by atoms with Crippen LogP contribution in [0.3, 0.4) is 0 Å². The maximum absolute atomic E-state index is 11.4. The summed E-state index contributed by atoms with van der Waals surface area (Å²) >= 11 is 1.50. The standard InChI is InChI=1S/C20H20N2O3S/c1-12-9-14(3)16(10-13(12)2)17-6-8-19(22-21-17)26-11-15-5-7-18(25-15)20(23)24-4/h5-10H,11H2,1-4H3. The van der Waals surface area contributed by atoms with Gasteiger partial charge in [-0.1, -0.05) is 17.8 Å². The van der Waals surface area contributed by atoms with Crippen LogP contribution in [-0.4, -0.2) is 23.3 Å². The van der Waals surface area contributed by atoms with E-state index < -0.39 is 5.97 Å². The number of hydrogen-bond acceptors (Lipinski definition) is 6. The molecular formula is C20H20N2O3S. The van der Waals surface area contributed by atoms with E-state index in [0.717, 1.165) is 16.3 Å². The Labute approximate surface area is 156 Å². The number of furan rings is 1. The number of thioether (sulfide) groups is 1. The highest BCUT2D eigenvalue weighted by Crippen LogP contribution is 2.27. The molecule has 0 saturated heterocycles. The molecule has 0 atom stereocenters. The van der Waals surface area contributed by atoms with Crippen LogP contribution in [-0.2, 0) is 10.5 Å². The molecule has 3 rings (SSSR count). The summed E-state index contributed by atoms with van der Waals surface area (Å²) in [4.78, 5) is 11.4. The molecule has 1 aromatic carbocycles. The lowest BCUT2D eigenvalue weighted by Crippen LogP contribution is -1.98. The molecule has 6 heteroatoms. The van der Waals surface area contributed by atoms with Crippen LogP contribution in [0.4, 0.5) is 0 Å². The average Bonchev–Trinajstić information content (AvgIpc) is 3.12. The molecule has 0 radical (unpaired) electrons. The molecule has 0 spiro atoms. The molecule has 26 heavy (non-hydrogen) atoms. The lowest BCUT2D eigenvalue weighted by Gasteiger charge is -2.09. The summed E-state index contributed by atoms with van der Waals surface area (Å²) in [7, 11) is 1.33. The van der Waals surface area contributed by atoms with Gasteiger partial charge in [-0.2, -0.15) is 0 Å². The third kappa shape index (κ3) is 3.96. The van der Waals surface area contributed by atoms with Crippen LogP contribution in [0.5, 0.6) is 0 Å². The summed E-state index contributed by atoms with van der Waals surface area (Å²) in [5, 5.41) is 9.46. The van der Waals surface area contributed by atoms with E-state index in [1.807, 2.05) is 12.1 Å². The monoisotopic (exact) mass is 368 g/mol. The van der Waals surface area contributed by atoms with Gasteiger partial charge < -0.3 is 9.15 Å². The van der Waals surface area contributed by atoms with Gasteiger partial charge in [-0.05, 0) is 67.8 Å². The van der Waals surface area contributed by atoms with Gasteiger partial charge in [-0.25, -0.2) is 4.79 Å². The molecule has 0 saturated carbocycles. The predicted molar refractivity (Wildman–Crippen MR) is 101 cm³/mol. The lowest BCUT2D eigenvalue weighted by atomic mass is 9.99. The Bertz CT molecular complexity index is 933. The van der Waals surface area contributed by atoms with Crippen molar-refractivity contribution in [2.24, 2.45) is 0 Å². The molecule has 0 aliphatic carbocycles. The minimum atomic E-state index is -0.478. The summed E-state index contributed by atoms with van der Waals surface area (Å²) in [6, 6.07) is 11.6. The summed E-state index contributed by atoms with van der Waals surface area (Å²) in [6.45, 7) is 6.29. The number of methoxy groups -OCH3 is 1. The van der Waals surface area contributed by atoms with Gasteiger partial charge in [-0.3, -0.25) is 0 Å². The Balaban J connectivity index is 1.69. The number of aryl methyl sites for hydroxylation is 3. The first-order valence-electron chi connectivity index (χ1n) is 8.19. The van der Waals surface area contributed by atoms with E-state index in [0.29, 0.717) is 11.5 Å². The van der Waals surface area contributed by atoms with Crippen molar-refractivity contribution in [2.45, 2.75) is 31.6 Å². The zero-order valence-corrected chi connectivity index (χ0v) is 16.0. The molecule has 5 nitrogen and oxygen atoms in total. The zero-order chi connectivity index (χ0) is 18.7. The molecule has 0 aliphatic rings. The van der Waals surface area contributed by atoms with Crippen LogP contribution >= 0.6 is 11.8 Å². The maximum Gasteiger partial charge on any atom is 0.373 e. The number of hydrogen-bond donors (Lipinski definition) is 0. The topological polar surface area (TPSA) is 65.2 Å². The lowest BCUT2D eigenvalue weighted by molar-refractivity contribution is 0.0563. The van der Waals surface area contributed by atoms with Gasteiger partial charge >= 0.3 is 5.97 Å². The second-order valence-corrected chi connectivity index (χ2v) is 7.05. The van der Waals surface area contributed by atoms with Crippen molar-refractivity contribution in [2.75, 3.05) is 7.11 Å². The van der Waals surface area contributed by atoms with E-state index in [-0.39, 0.29) is 5.76 Å². The van der Waals surface area contributed by atoms with E-state index in [1.54, 1.807) is 12.1 Å². The molecular weight excluding hydrogens is 348 g/mol. The predicted octanol–water partition coefficient (Wildman–Crippen LogP) is 4.74. The van der Waals surface area contributed by atoms with E-state index in [2.05, 4.69) is 47.8 Å². The number of rotatable bonds is 5. The van der Waals surface area contributed by atoms with E-state index in [4.69, 9.17) is 4.42 Å². The van der Waals surface area contributed by atoms with Gasteiger partial charge in [0.25, 0.3) is 0 Å². The summed E-state index contributed by atoms with van der Waals surface area (Å²) in [5.74, 6) is 0.975. The first kappa shape index (κ1) is 18.2. The highest BCUT2D eigenvalue weighted by molar-refractivity contribution is 7.98. The number of ether oxygens (including phenoxy) is 1. The molecule has 0 fully saturated rings. The number of aromatic nitrogens is 2. The van der Waals surface area contributed by atoms with Crippen molar-refractivity contribution < 1.29 is 13.9 Å². The Hall–Kier alpha value is -2.60. The largest absolute Gasteiger partial charge is 0.463 e. The number of benzene rings is 1. The second kappa shape index (κ2) is 7.74. The minimum absolute atomic E-state index is 0.203. The first-order valence-corrected chi connectivity index (χ1v) is 9.18. The van der Waals surface area contributed by atoms with Gasteiger partial charge in [-0.15, -0.1) is 10.2 Å². The normalized spacial score (nSPS) is 10.8. The average molecular weight is 368 g/mol. The fraction of sp³-hybridized carbons (Fsp3) is 0.250. The third-order valence-corrected chi connectivity index (χ3v) is 5.11. The molecule has 134 valence electrons. The van der Waals surface area contributed by atoms with Gasteiger partial charge in [0, 0.05) is 5.56 Å². The Kier molecular flexibility index (Phi) is 5.42. The molecule has 0 N–H and O–H groups in total. The van der Waals surface area contributed by atoms with Crippen LogP contribution in [0, 0.1) is 20.8 Å². The van der Waals surface area contributed by atoms with Crippen molar-refractivity contribution in [3.05, 3.63) is 64.6 Å². The van der Waals surface area contributed by atoms with Gasteiger partial charge in [0.1, 0.15) is 10.8 Å². The maximum atomic E-state index is 11.4. The SMILES string of the molecule is COC(=O)c1ccc(CSc2ccc(-c3cc(C)c(C)cc3C)nn2)o1. The zero-order valence-electron chi connectivity index (χ0n) is 15.2. The van der Waals surface area contributed by atoms with Crippen LogP contribution in [0.1, 0.15) is 33.0 Å². The fourth-order valence-electron chi connectivity index (χ4n) is 2.59. The van der Waals surface area contributed by atoms with Gasteiger partial charge in [0.05, 0.1) is 18.6 Å². The molecule has 0 unspecified atom stereocenters. The molecule has 2 aromatic heterocycles. The van der Waals surface area contributed by atoms with Crippen molar-refractivity contribution in [3.63, 3.8) is 0 Å². The molecule has 2 heterocycles. The van der Waals surface area contributed by atoms with Gasteiger partial charge in [0.15, 0.2) is 0 Å². The van der Waals surface area contributed by atoms with Crippen molar-refractivity contribution in [3.8, 4) is 11.3 Å². The smallest absolute Gasteiger partial charge is 0.373 e. The Morgan fingerprint density at radius 1 is 1.04 bits per heavy atom. The number of esters is 1. The Morgan fingerprint density at radius 3 is 2.50 bits per heavy atom. The van der Waals surface area contributed by atoms with Crippen LogP contribution in [0.15, 0.2) is 45.8 Å². The van der Waals surface area contributed by atoms with E-state index in [1.165, 1.54) is 35.6 Å². The van der Waals surface area contributed by atoms with Crippen molar-refractivity contribution in [1.82, 2.24) is 10.2 Å². The molecule has 0 amide bonds. The van der Waals surface area contributed by atoms with Crippen molar-refractivity contribution >= 4 is 17.7 Å². The third-order valence-electron chi connectivity index (χ3n) is 4.17. The molecule has 0 bridgehead atoms. The highest BCUT2D eigenvalue weighted by Gasteiger charge is 2.12. The number of carbonyl (C=O) groups is 1. The number of carbonyl (C=O) groups excluding carboxylic acids is 1. The number of nitrogens with zero attached hydrogens (tertiary/aromatic N) is 2. The minimum Gasteiger partial charge on any atom is -0.463 e. The quantitative estimate of drug-likeness (QED) is 0.479. The molecule has 0 aliphatic heterocycles. The summed E-state index contributed by atoms with van der Waals surface area (Å²) < 4.78 is 10.1. The summed E-state index contributed by atoms with van der Waals surface area (Å²) in [5.41, 5.74) is 5.67. The van der Waals surface area contributed by atoms with Crippen LogP contribution in [0.25, 0.3) is 11.3 Å². The van der Waals surface area contributed by atoms with E-state index in [9.17, 15) is 4.79 Å². The van der Waals surface area contributed by atoms with Gasteiger partial charge in [0.2, 0.25) is 5.76 Å². The van der Waals surface area contributed by atoms with Crippen LogP contribution in [0.2, 0.25) is 0 Å². The van der Waals surface area contributed by atoms with E-state index >= 15 is 0 Å². The molecule has 3 aromatic rings. The van der Waals surface area contributed by atoms with Crippen molar-refractivity contribution in [1.29, 1.82) is 0 Å².